The molecule has 19 heavy (non-hydrogen) atoms. The van der Waals surface area contributed by atoms with E-state index in [1.54, 1.807) is 12.4 Å². The lowest BCUT2D eigenvalue weighted by Gasteiger charge is -2.16. The van der Waals surface area contributed by atoms with Crippen molar-refractivity contribution in [2.75, 3.05) is 13.1 Å². The van der Waals surface area contributed by atoms with Crippen LogP contribution in [0.15, 0.2) is 24.8 Å². The van der Waals surface area contributed by atoms with Crippen LogP contribution in [0, 0.1) is 13.8 Å². The van der Waals surface area contributed by atoms with E-state index in [4.69, 9.17) is 0 Å². The van der Waals surface area contributed by atoms with Gasteiger partial charge in [0.1, 0.15) is 0 Å². The molecule has 1 aliphatic rings. The molecule has 5 heteroatoms. The van der Waals surface area contributed by atoms with Gasteiger partial charge in [0, 0.05) is 38.2 Å². The first kappa shape index (κ1) is 12.3. The summed E-state index contributed by atoms with van der Waals surface area (Å²) in [6, 6.07) is 0.491. The molecule has 0 bridgehead atoms. The minimum Gasteiger partial charge on any atom is -0.295 e. The minimum absolute atomic E-state index is 0.491. The Kier molecular flexibility index (Phi) is 3.29. The van der Waals surface area contributed by atoms with Crippen LogP contribution in [-0.4, -0.2) is 37.7 Å². The average Bonchev–Trinajstić information content (AvgIpc) is 3.01. The summed E-state index contributed by atoms with van der Waals surface area (Å²) in [5, 5.41) is 4.42. The van der Waals surface area contributed by atoms with E-state index in [9.17, 15) is 0 Å². The van der Waals surface area contributed by atoms with Crippen LogP contribution in [0.2, 0.25) is 0 Å². The Morgan fingerprint density at radius 2 is 2.11 bits per heavy atom. The summed E-state index contributed by atoms with van der Waals surface area (Å²) < 4.78 is 2.10. The van der Waals surface area contributed by atoms with Crippen molar-refractivity contribution < 1.29 is 0 Å². The lowest BCUT2D eigenvalue weighted by atomic mass is 10.3. The van der Waals surface area contributed by atoms with Crippen LogP contribution >= 0.6 is 0 Å². The minimum atomic E-state index is 0.491. The molecule has 1 atom stereocenters. The molecule has 0 N–H and O–H groups in total. The molecule has 1 aliphatic heterocycles. The second-order valence-corrected chi connectivity index (χ2v) is 5.26. The molecular weight excluding hydrogens is 238 g/mol. The molecule has 1 fully saturated rings. The standard InChI is InChI=1S/C14H19N5/c1-11-7-17-19(8-11)13-3-6-18(9-13)10-14-12(2)15-4-5-16-14/h4-5,7-8,13H,3,6,9-10H2,1-2H3. The van der Waals surface area contributed by atoms with Crippen molar-refractivity contribution in [3.8, 4) is 0 Å². The fourth-order valence-corrected chi connectivity index (χ4v) is 2.61. The van der Waals surface area contributed by atoms with E-state index in [-0.39, 0.29) is 0 Å². The molecule has 3 rings (SSSR count). The predicted octanol–water partition coefficient (Wildman–Crippen LogP) is 1.74. The van der Waals surface area contributed by atoms with E-state index >= 15 is 0 Å². The number of rotatable bonds is 3. The Morgan fingerprint density at radius 1 is 1.26 bits per heavy atom. The molecule has 5 nitrogen and oxygen atoms in total. The highest BCUT2D eigenvalue weighted by Gasteiger charge is 2.24. The van der Waals surface area contributed by atoms with Crippen molar-refractivity contribution in [1.29, 1.82) is 0 Å². The molecule has 0 amide bonds. The zero-order chi connectivity index (χ0) is 13.2. The molecule has 1 unspecified atom stereocenters. The first-order valence-electron chi connectivity index (χ1n) is 6.72. The van der Waals surface area contributed by atoms with E-state index in [0.29, 0.717) is 6.04 Å². The third kappa shape index (κ3) is 2.66. The molecule has 100 valence electrons. The molecule has 2 aromatic heterocycles. The highest BCUT2D eigenvalue weighted by molar-refractivity contribution is 5.08. The Labute approximate surface area is 113 Å². The van der Waals surface area contributed by atoms with Gasteiger partial charge in [-0.3, -0.25) is 19.5 Å². The van der Waals surface area contributed by atoms with Crippen molar-refractivity contribution in [3.05, 3.63) is 41.7 Å². The predicted molar refractivity (Wildman–Crippen MR) is 72.7 cm³/mol. The van der Waals surface area contributed by atoms with Gasteiger partial charge in [0.2, 0.25) is 0 Å². The summed E-state index contributed by atoms with van der Waals surface area (Å²) in [5.41, 5.74) is 3.34. The van der Waals surface area contributed by atoms with Crippen LogP contribution in [0.25, 0.3) is 0 Å². The number of nitrogens with zero attached hydrogens (tertiary/aromatic N) is 5. The Balaban J connectivity index is 1.65. The lowest BCUT2D eigenvalue weighted by molar-refractivity contribution is 0.307. The van der Waals surface area contributed by atoms with Crippen LogP contribution < -0.4 is 0 Å². The van der Waals surface area contributed by atoms with Gasteiger partial charge in [-0.25, -0.2) is 0 Å². The van der Waals surface area contributed by atoms with E-state index in [2.05, 4.69) is 37.8 Å². The van der Waals surface area contributed by atoms with Crippen LogP contribution in [0.4, 0.5) is 0 Å². The van der Waals surface area contributed by atoms with Gasteiger partial charge in [-0.1, -0.05) is 0 Å². The number of aryl methyl sites for hydroxylation is 2. The van der Waals surface area contributed by atoms with Gasteiger partial charge >= 0.3 is 0 Å². The van der Waals surface area contributed by atoms with Crippen LogP contribution in [0.1, 0.15) is 29.4 Å². The maximum absolute atomic E-state index is 4.42. The summed E-state index contributed by atoms with van der Waals surface area (Å²) in [6.45, 7) is 7.12. The Bertz CT molecular complexity index is 562. The van der Waals surface area contributed by atoms with Crippen molar-refractivity contribution >= 4 is 0 Å². The normalized spacial score (nSPS) is 20.0. The summed E-state index contributed by atoms with van der Waals surface area (Å²) >= 11 is 0. The molecule has 3 heterocycles. The smallest absolute Gasteiger partial charge is 0.0756 e. The highest BCUT2D eigenvalue weighted by atomic mass is 15.3. The van der Waals surface area contributed by atoms with Crippen molar-refractivity contribution in [3.63, 3.8) is 0 Å². The largest absolute Gasteiger partial charge is 0.295 e. The van der Waals surface area contributed by atoms with Crippen LogP contribution in [0.3, 0.4) is 0 Å². The third-order valence-corrected chi connectivity index (χ3v) is 3.71. The lowest BCUT2D eigenvalue weighted by Crippen LogP contribution is -2.22. The Hall–Kier alpha value is -1.75. The fourth-order valence-electron chi connectivity index (χ4n) is 2.61. The van der Waals surface area contributed by atoms with Gasteiger partial charge in [0.25, 0.3) is 0 Å². The molecule has 0 spiro atoms. The zero-order valence-corrected chi connectivity index (χ0v) is 11.5. The number of hydrogen-bond acceptors (Lipinski definition) is 4. The summed E-state index contributed by atoms with van der Waals surface area (Å²) in [6.07, 6.45) is 8.72. The average molecular weight is 257 g/mol. The maximum atomic E-state index is 4.42. The Morgan fingerprint density at radius 3 is 2.84 bits per heavy atom. The van der Waals surface area contributed by atoms with Crippen LogP contribution in [0.5, 0.6) is 0 Å². The molecule has 1 saturated heterocycles. The van der Waals surface area contributed by atoms with Crippen molar-refractivity contribution in [2.45, 2.75) is 32.9 Å². The molecule has 0 saturated carbocycles. The first-order valence-corrected chi connectivity index (χ1v) is 6.72. The van der Waals surface area contributed by atoms with Gasteiger partial charge in [-0.2, -0.15) is 5.10 Å². The summed E-state index contributed by atoms with van der Waals surface area (Å²) in [7, 11) is 0. The summed E-state index contributed by atoms with van der Waals surface area (Å²) in [5.74, 6) is 0. The quantitative estimate of drug-likeness (QED) is 0.840. The van der Waals surface area contributed by atoms with Gasteiger partial charge < -0.3 is 0 Å². The summed E-state index contributed by atoms with van der Waals surface area (Å²) in [4.78, 5) is 11.1. The first-order chi connectivity index (χ1) is 9.22. The molecule has 0 radical (unpaired) electrons. The number of aromatic nitrogens is 4. The molecule has 2 aromatic rings. The number of hydrogen-bond donors (Lipinski definition) is 0. The van der Waals surface area contributed by atoms with E-state index in [1.165, 1.54) is 5.56 Å². The second-order valence-electron chi connectivity index (χ2n) is 5.26. The zero-order valence-electron chi connectivity index (χ0n) is 11.5. The van der Waals surface area contributed by atoms with E-state index in [0.717, 1.165) is 37.4 Å². The molecule has 0 aliphatic carbocycles. The van der Waals surface area contributed by atoms with Crippen molar-refractivity contribution in [2.24, 2.45) is 0 Å². The second kappa shape index (κ2) is 5.09. The van der Waals surface area contributed by atoms with Gasteiger partial charge in [-0.05, 0) is 25.8 Å². The van der Waals surface area contributed by atoms with Gasteiger partial charge in [0.05, 0.1) is 23.6 Å². The third-order valence-electron chi connectivity index (χ3n) is 3.71. The van der Waals surface area contributed by atoms with E-state index in [1.807, 2.05) is 13.1 Å². The molecular formula is C14H19N5. The SMILES string of the molecule is Cc1cnn(C2CCN(Cc3nccnc3C)C2)c1. The van der Waals surface area contributed by atoms with Crippen molar-refractivity contribution in [1.82, 2.24) is 24.6 Å². The van der Waals surface area contributed by atoms with E-state index < -0.39 is 0 Å². The van der Waals surface area contributed by atoms with Crippen LogP contribution in [-0.2, 0) is 6.54 Å². The monoisotopic (exact) mass is 257 g/mol. The fraction of sp³-hybridized carbons (Fsp3) is 0.500. The van der Waals surface area contributed by atoms with Gasteiger partial charge in [-0.15, -0.1) is 0 Å². The maximum Gasteiger partial charge on any atom is 0.0756 e. The van der Waals surface area contributed by atoms with Gasteiger partial charge in [0.15, 0.2) is 0 Å². The molecule has 0 aromatic carbocycles. The topological polar surface area (TPSA) is 46.8 Å². The number of likely N-dealkylation sites (tertiary alicyclic amines) is 1. The highest BCUT2D eigenvalue weighted by Crippen LogP contribution is 2.22.